The number of anilines is 1. The van der Waals surface area contributed by atoms with E-state index in [0.717, 1.165) is 24.2 Å². The number of benzene rings is 1. The zero-order chi connectivity index (χ0) is 18.4. The van der Waals surface area contributed by atoms with Crippen LogP contribution in [0.2, 0.25) is 0 Å². The Kier molecular flexibility index (Phi) is 4.32. The van der Waals surface area contributed by atoms with Crippen LogP contribution in [0.1, 0.15) is 35.9 Å². The van der Waals surface area contributed by atoms with Gasteiger partial charge in [-0.3, -0.25) is 9.69 Å². The molecule has 3 amide bonds. The summed E-state index contributed by atoms with van der Waals surface area (Å²) in [5.41, 5.74) is 3.28. The molecular formula is C20H24N3O2S+. The van der Waals surface area contributed by atoms with E-state index in [-0.39, 0.29) is 11.9 Å². The van der Waals surface area contributed by atoms with Crippen molar-refractivity contribution in [3.8, 4) is 0 Å². The fourth-order valence-electron chi connectivity index (χ4n) is 3.98. The monoisotopic (exact) mass is 370 g/mol. The van der Waals surface area contributed by atoms with Gasteiger partial charge in [0.1, 0.15) is 12.1 Å². The number of carbonyl (C=O) groups is 2. The minimum atomic E-state index is -0.457. The Morgan fingerprint density at radius 3 is 2.62 bits per heavy atom. The Morgan fingerprint density at radius 2 is 1.88 bits per heavy atom. The number of urea groups is 1. The lowest BCUT2D eigenvalue weighted by atomic mass is 10.0. The summed E-state index contributed by atoms with van der Waals surface area (Å²) in [5.74, 6) is -0.105. The number of fused-ring (bicyclic) bond motifs is 1. The maximum Gasteiger partial charge on any atom is 0.336 e. The van der Waals surface area contributed by atoms with Crippen molar-refractivity contribution in [2.24, 2.45) is 0 Å². The van der Waals surface area contributed by atoms with E-state index in [4.69, 9.17) is 0 Å². The molecule has 1 saturated heterocycles. The number of thiophene rings is 1. The lowest BCUT2D eigenvalue weighted by Gasteiger charge is -2.32. The Labute approximate surface area is 157 Å². The number of nitrogens with zero attached hydrogens (tertiary/aromatic N) is 2. The van der Waals surface area contributed by atoms with E-state index in [0.29, 0.717) is 12.7 Å². The summed E-state index contributed by atoms with van der Waals surface area (Å²) >= 11 is 1.81. The molecule has 4 rings (SSSR count). The van der Waals surface area contributed by atoms with Crippen LogP contribution in [0.5, 0.6) is 0 Å². The Balaban J connectivity index is 1.55. The van der Waals surface area contributed by atoms with E-state index < -0.39 is 6.04 Å². The lowest BCUT2D eigenvalue weighted by Crippen LogP contribution is -3.14. The molecule has 5 nitrogen and oxygen atoms in total. The third kappa shape index (κ3) is 2.73. The number of carbonyl (C=O) groups excluding carboxylic acids is 2. The van der Waals surface area contributed by atoms with E-state index >= 15 is 0 Å². The van der Waals surface area contributed by atoms with Crippen LogP contribution in [-0.2, 0) is 11.2 Å². The molecule has 136 valence electrons. The first-order valence-electron chi connectivity index (χ1n) is 9.09. The highest BCUT2D eigenvalue weighted by atomic mass is 32.1. The van der Waals surface area contributed by atoms with Crippen molar-refractivity contribution in [2.45, 2.75) is 39.3 Å². The third-order valence-corrected chi connectivity index (χ3v) is 6.65. The first-order valence-corrected chi connectivity index (χ1v) is 9.97. The number of hydrogen-bond donors (Lipinski definition) is 1. The lowest BCUT2D eigenvalue weighted by molar-refractivity contribution is -0.938. The predicted octanol–water partition coefficient (Wildman–Crippen LogP) is 2.37. The highest BCUT2D eigenvalue weighted by Crippen LogP contribution is 2.27. The quantitative estimate of drug-likeness (QED) is 0.843. The molecular weight excluding hydrogens is 346 g/mol. The molecule has 26 heavy (non-hydrogen) atoms. The Morgan fingerprint density at radius 1 is 1.15 bits per heavy atom. The van der Waals surface area contributed by atoms with Gasteiger partial charge in [0, 0.05) is 22.5 Å². The van der Waals surface area contributed by atoms with E-state index in [1.165, 1.54) is 20.2 Å². The second-order valence-electron chi connectivity index (χ2n) is 7.27. The molecule has 1 unspecified atom stereocenters. The summed E-state index contributed by atoms with van der Waals surface area (Å²) in [5, 5.41) is 2.14. The number of hydrogen-bond acceptors (Lipinski definition) is 3. The summed E-state index contributed by atoms with van der Waals surface area (Å²) in [6, 6.07) is 9.58. The molecule has 0 saturated carbocycles. The molecule has 0 bridgehead atoms. The smallest absolute Gasteiger partial charge is 0.311 e. The van der Waals surface area contributed by atoms with Crippen LogP contribution in [0.15, 0.2) is 35.7 Å². The first kappa shape index (κ1) is 17.2. The Hall–Kier alpha value is -2.18. The molecule has 3 atom stereocenters. The molecule has 3 heterocycles. The molecule has 0 radical (unpaired) electrons. The zero-order valence-corrected chi connectivity index (χ0v) is 16.2. The van der Waals surface area contributed by atoms with Crippen molar-refractivity contribution in [3.05, 3.63) is 51.7 Å². The SMILES string of the molecule is Cc1ccc(N2C(=O)N(C[NH+]3CCc4sccc4[C@@H]3C)C(=O)[C@@H]2C)cc1. The van der Waals surface area contributed by atoms with Crippen LogP contribution >= 0.6 is 11.3 Å². The second kappa shape index (κ2) is 6.52. The van der Waals surface area contributed by atoms with Gasteiger partial charge in [0.15, 0.2) is 6.67 Å². The summed E-state index contributed by atoms with van der Waals surface area (Å²) in [6.07, 6.45) is 1.01. The second-order valence-corrected chi connectivity index (χ2v) is 8.27. The number of quaternary nitrogens is 1. The van der Waals surface area contributed by atoms with E-state index in [1.54, 1.807) is 16.2 Å². The molecule has 2 aliphatic rings. The van der Waals surface area contributed by atoms with E-state index in [2.05, 4.69) is 18.4 Å². The minimum absolute atomic E-state index is 0.105. The fraction of sp³-hybridized carbons (Fsp3) is 0.400. The number of amides is 3. The predicted molar refractivity (Wildman–Crippen MR) is 102 cm³/mol. The maximum absolute atomic E-state index is 13.0. The average Bonchev–Trinajstić information content (AvgIpc) is 3.18. The molecule has 0 aliphatic carbocycles. The van der Waals surface area contributed by atoms with Crippen LogP contribution in [0.25, 0.3) is 0 Å². The van der Waals surface area contributed by atoms with Crippen molar-refractivity contribution in [1.29, 1.82) is 0 Å². The van der Waals surface area contributed by atoms with Crippen molar-refractivity contribution < 1.29 is 14.5 Å². The number of nitrogens with one attached hydrogen (secondary N) is 1. The normalized spacial score (nSPS) is 25.7. The van der Waals surface area contributed by atoms with Crippen molar-refractivity contribution in [1.82, 2.24) is 4.90 Å². The van der Waals surface area contributed by atoms with Crippen molar-refractivity contribution in [2.75, 3.05) is 18.1 Å². The first-order chi connectivity index (χ1) is 12.5. The van der Waals surface area contributed by atoms with Crippen LogP contribution in [0, 0.1) is 6.92 Å². The van der Waals surface area contributed by atoms with Gasteiger partial charge in [0.25, 0.3) is 5.91 Å². The van der Waals surface area contributed by atoms with E-state index in [1.807, 2.05) is 38.1 Å². The summed E-state index contributed by atoms with van der Waals surface area (Å²) in [6.45, 7) is 7.39. The number of rotatable bonds is 3. The molecule has 6 heteroatoms. The van der Waals surface area contributed by atoms with Gasteiger partial charge in [-0.2, -0.15) is 0 Å². The highest BCUT2D eigenvalue weighted by Gasteiger charge is 2.46. The van der Waals surface area contributed by atoms with Crippen LogP contribution in [0.4, 0.5) is 10.5 Å². The molecule has 2 aliphatic heterocycles. The summed E-state index contributed by atoms with van der Waals surface area (Å²) in [7, 11) is 0. The fourth-order valence-corrected chi connectivity index (χ4v) is 4.96. The van der Waals surface area contributed by atoms with Gasteiger partial charge < -0.3 is 4.90 Å². The highest BCUT2D eigenvalue weighted by molar-refractivity contribution is 7.10. The average molecular weight is 370 g/mol. The van der Waals surface area contributed by atoms with Crippen LogP contribution < -0.4 is 9.80 Å². The van der Waals surface area contributed by atoms with Gasteiger partial charge in [-0.1, -0.05) is 17.7 Å². The summed E-state index contributed by atoms with van der Waals surface area (Å²) in [4.78, 5) is 31.6. The van der Waals surface area contributed by atoms with Crippen LogP contribution in [0.3, 0.4) is 0 Å². The van der Waals surface area contributed by atoms with Gasteiger partial charge >= 0.3 is 6.03 Å². The molecule has 1 fully saturated rings. The third-order valence-electron chi connectivity index (χ3n) is 5.65. The molecule has 1 aromatic heterocycles. The van der Waals surface area contributed by atoms with E-state index in [9.17, 15) is 9.59 Å². The van der Waals surface area contributed by atoms with Gasteiger partial charge in [-0.25, -0.2) is 9.69 Å². The molecule has 1 N–H and O–H groups in total. The Bertz CT molecular complexity index is 845. The molecule has 1 aromatic carbocycles. The minimum Gasteiger partial charge on any atom is -0.311 e. The maximum atomic E-state index is 13.0. The summed E-state index contributed by atoms with van der Waals surface area (Å²) < 4.78 is 0. The number of aryl methyl sites for hydroxylation is 1. The molecule has 0 spiro atoms. The van der Waals surface area contributed by atoms with Gasteiger partial charge in [-0.15, -0.1) is 11.3 Å². The van der Waals surface area contributed by atoms with Gasteiger partial charge in [-0.05, 0) is 44.4 Å². The standard InChI is InChI=1S/C20H23N3O2S/c1-13-4-6-16(7-5-13)23-15(3)19(24)22(20(23)25)12-21-10-8-18-17(14(21)2)9-11-26-18/h4-7,9,11,14-15H,8,10,12H2,1-3H3/p+1/t14-,15-/m0/s1. The van der Waals surface area contributed by atoms with Crippen LogP contribution in [-0.4, -0.2) is 36.1 Å². The van der Waals surface area contributed by atoms with Gasteiger partial charge in [0.05, 0.1) is 6.54 Å². The van der Waals surface area contributed by atoms with Crippen molar-refractivity contribution in [3.63, 3.8) is 0 Å². The molecule has 2 aromatic rings. The number of imide groups is 1. The van der Waals surface area contributed by atoms with Crippen molar-refractivity contribution >= 4 is 29.0 Å². The largest absolute Gasteiger partial charge is 0.336 e. The zero-order valence-electron chi connectivity index (χ0n) is 15.4. The van der Waals surface area contributed by atoms with Gasteiger partial charge in [0.2, 0.25) is 0 Å². The topological polar surface area (TPSA) is 45.1 Å².